The number of hydrogen-bond donors (Lipinski definition) is 0. The number of aliphatic imine (C=N–C) groups is 1. The Labute approximate surface area is 48.5 Å². The van der Waals surface area contributed by atoms with Crippen LogP contribution in [0.3, 0.4) is 0 Å². The van der Waals surface area contributed by atoms with Crippen molar-refractivity contribution in [1.82, 2.24) is 0 Å². The van der Waals surface area contributed by atoms with E-state index >= 15 is 0 Å². The van der Waals surface area contributed by atoms with Crippen molar-refractivity contribution in [2.75, 3.05) is 12.8 Å². The normalized spacial score (nSPS) is 9.86. The Hall–Kier alpha value is -0.240. The van der Waals surface area contributed by atoms with Gasteiger partial charge in [-0.15, -0.1) is 11.8 Å². The molecule has 0 aliphatic rings. The highest BCUT2D eigenvalue weighted by molar-refractivity contribution is 8.02. The molecule has 0 aromatic carbocycles. The number of thioether (sulfide) groups is 1. The first-order valence-corrected chi connectivity index (χ1v) is 3.10. The summed E-state index contributed by atoms with van der Waals surface area (Å²) in [6.07, 6.45) is 1.85. The molecular weight excluding hydrogens is 106 g/mol. The third-order valence-corrected chi connectivity index (χ3v) is 1.05. The summed E-state index contributed by atoms with van der Waals surface area (Å²) in [5, 5.41) is 1.81. The topological polar surface area (TPSA) is 12.4 Å². The predicted molar refractivity (Wildman–Crippen MR) is 37.1 cm³/mol. The van der Waals surface area contributed by atoms with Crippen LogP contribution in [0, 0.1) is 0 Å². The molecule has 2 heteroatoms. The van der Waals surface area contributed by atoms with Crippen molar-refractivity contribution in [3.05, 3.63) is 12.0 Å². The van der Waals surface area contributed by atoms with E-state index in [9.17, 15) is 0 Å². The molecule has 40 valence electrons. The third kappa shape index (κ3) is 5.76. The fourth-order valence-electron chi connectivity index (χ4n) is 0.186. The molecule has 0 unspecified atom stereocenters. The minimum atomic E-state index is 0.944. The Morgan fingerprint density at radius 2 is 2.57 bits per heavy atom. The third-order valence-electron chi connectivity index (χ3n) is 0.471. The van der Waals surface area contributed by atoms with Crippen LogP contribution in [0.25, 0.3) is 0 Å². The van der Waals surface area contributed by atoms with Crippen molar-refractivity contribution in [2.24, 2.45) is 4.99 Å². The Morgan fingerprint density at radius 3 is 3.00 bits per heavy atom. The van der Waals surface area contributed by atoms with Gasteiger partial charge in [0.1, 0.15) is 0 Å². The molecule has 0 saturated heterocycles. The van der Waals surface area contributed by atoms with Gasteiger partial charge in [-0.05, 0) is 5.41 Å². The molecule has 1 nitrogen and oxygen atoms in total. The lowest BCUT2D eigenvalue weighted by atomic mass is 10.9. The van der Waals surface area contributed by atoms with E-state index in [0.29, 0.717) is 0 Å². The zero-order valence-corrected chi connectivity index (χ0v) is 5.24. The number of nitrogens with zero attached hydrogens (tertiary/aromatic N) is 1. The highest BCUT2D eigenvalue weighted by Crippen LogP contribution is 1.94. The van der Waals surface area contributed by atoms with Gasteiger partial charge in [0.15, 0.2) is 0 Å². The maximum atomic E-state index is 3.78. The summed E-state index contributed by atoms with van der Waals surface area (Å²) in [7, 11) is 1.77. The SMILES string of the molecule is C=CSCC=NC. The zero-order chi connectivity index (χ0) is 5.54. The first kappa shape index (κ1) is 6.76. The first-order chi connectivity index (χ1) is 3.41. The summed E-state index contributed by atoms with van der Waals surface area (Å²) >= 11 is 1.65. The largest absolute Gasteiger partial charge is 0.300 e. The van der Waals surface area contributed by atoms with Crippen molar-refractivity contribution in [3.8, 4) is 0 Å². The number of rotatable bonds is 3. The van der Waals surface area contributed by atoms with Gasteiger partial charge in [0.05, 0.1) is 0 Å². The van der Waals surface area contributed by atoms with E-state index in [1.807, 2.05) is 11.6 Å². The molecule has 0 fully saturated rings. The second-order valence-electron chi connectivity index (χ2n) is 0.941. The van der Waals surface area contributed by atoms with Crippen LogP contribution in [0.2, 0.25) is 0 Å². The molecule has 0 rings (SSSR count). The Balaban J connectivity index is 2.82. The summed E-state index contributed by atoms with van der Waals surface area (Å²) in [5.74, 6) is 0.944. The molecule has 0 aromatic heterocycles. The molecule has 0 heterocycles. The minimum Gasteiger partial charge on any atom is -0.300 e. The minimum absolute atomic E-state index is 0.944. The molecule has 0 atom stereocenters. The Kier molecular flexibility index (Phi) is 5.56. The first-order valence-electron chi connectivity index (χ1n) is 2.05. The van der Waals surface area contributed by atoms with Gasteiger partial charge in [0, 0.05) is 19.0 Å². The lowest BCUT2D eigenvalue weighted by molar-refractivity contribution is 1.46. The summed E-state index contributed by atoms with van der Waals surface area (Å²) in [6, 6.07) is 0. The van der Waals surface area contributed by atoms with E-state index in [1.54, 1.807) is 18.8 Å². The highest BCUT2D eigenvalue weighted by Gasteiger charge is 1.69. The number of hydrogen-bond acceptors (Lipinski definition) is 2. The van der Waals surface area contributed by atoms with Crippen molar-refractivity contribution >= 4 is 18.0 Å². The van der Waals surface area contributed by atoms with E-state index in [2.05, 4.69) is 11.6 Å². The maximum absolute atomic E-state index is 3.78. The van der Waals surface area contributed by atoms with Gasteiger partial charge in [0.2, 0.25) is 0 Å². The van der Waals surface area contributed by atoms with Gasteiger partial charge in [0.25, 0.3) is 0 Å². The molecular formula is C5H9NS. The Bertz CT molecular complexity index is 68.5. The van der Waals surface area contributed by atoms with Crippen LogP contribution in [0.4, 0.5) is 0 Å². The zero-order valence-electron chi connectivity index (χ0n) is 4.42. The van der Waals surface area contributed by atoms with Crippen molar-refractivity contribution < 1.29 is 0 Å². The molecule has 0 aliphatic heterocycles. The Morgan fingerprint density at radius 1 is 1.86 bits per heavy atom. The van der Waals surface area contributed by atoms with Gasteiger partial charge in [-0.3, -0.25) is 4.99 Å². The second-order valence-corrected chi connectivity index (χ2v) is 1.94. The van der Waals surface area contributed by atoms with Crippen LogP contribution in [-0.2, 0) is 0 Å². The van der Waals surface area contributed by atoms with Crippen LogP contribution in [-0.4, -0.2) is 19.0 Å². The monoisotopic (exact) mass is 115 g/mol. The van der Waals surface area contributed by atoms with Gasteiger partial charge in [-0.25, -0.2) is 0 Å². The fourth-order valence-corrected chi connectivity index (χ4v) is 0.557. The fraction of sp³-hybridized carbons (Fsp3) is 0.400. The molecule has 0 N–H and O–H groups in total. The summed E-state index contributed by atoms with van der Waals surface area (Å²) in [6.45, 7) is 3.53. The molecule has 0 radical (unpaired) electrons. The second kappa shape index (κ2) is 5.76. The molecule has 0 aliphatic carbocycles. The van der Waals surface area contributed by atoms with Crippen LogP contribution in [0.15, 0.2) is 17.0 Å². The molecule has 0 saturated carbocycles. The summed E-state index contributed by atoms with van der Waals surface area (Å²) in [4.78, 5) is 3.78. The maximum Gasteiger partial charge on any atom is 0.0325 e. The lowest BCUT2D eigenvalue weighted by Crippen LogP contribution is -1.73. The smallest absolute Gasteiger partial charge is 0.0325 e. The van der Waals surface area contributed by atoms with Crippen molar-refractivity contribution in [2.45, 2.75) is 0 Å². The van der Waals surface area contributed by atoms with Gasteiger partial charge in [-0.2, -0.15) is 0 Å². The van der Waals surface area contributed by atoms with E-state index in [0.717, 1.165) is 5.75 Å². The van der Waals surface area contributed by atoms with Crippen molar-refractivity contribution in [3.63, 3.8) is 0 Å². The average molecular weight is 115 g/mol. The summed E-state index contributed by atoms with van der Waals surface area (Å²) in [5.41, 5.74) is 0. The van der Waals surface area contributed by atoms with E-state index in [1.165, 1.54) is 0 Å². The van der Waals surface area contributed by atoms with E-state index in [-0.39, 0.29) is 0 Å². The van der Waals surface area contributed by atoms with E-state index in [4.69, 9.17) is 0 Å². The molecule has 0 bridgehead atoms. The predicted octanol–water partition coefficient (Wildman–Crippen LogP) is 1.56. The summed E-state index contributed by atoms with van der Waals surface area (Å²) < 4.78 is 0. The lowest BCUT2D eigenvalue weighted by Gasteiger charge is -1.79. The average Bonchev–Trinajstić information content (AvgIpc) is 1.69. The van der Waals surface area contributed by atoms with Crippen molar-refractivity contribution in [1.29, 1.82) is 0 Å². The molecule has 0 aromatic rings. The highest BCUT2D eigenvalue weighted by atomic mass is 32.2. The molecule has 0 spiro atoms. The van der Waals surface area contributed by atoms with Crippen LogP contribution >= 0.6 is 11.8 Å². The molecule has 0 amide bonds. The molecule has 7 heavy (non-hydrogen) atoms. The van der Waals surface area contributed by atoms with Gasteiger partial charge >= 0.3 is 0 Å². The van der Waals surface area contributed by atoms with Gasteiger partial charge < -0.3 is 0 Å². The van der Waals surface area contributed by atoms with Crippen LogP contribution in [0.1, 0.15) is 0 Å². The van der Waals surface area contributed by atoms with Gasteiger partial charge in [-0.1, -0.05) is 6.58 Å². The van der Waals surface area contributed by atoms with Crippen LogP contribution in [0.5, 0.6) is 0 Å². The van der Waals surface area contributed by atoms with E-state index < -0.39 is 0 Å². The standard InChI is InChI=1S/C5H9NS/c1-3-7-5-4-6-2/h3-4H,1,5H2,2H3. The van der Waals surface area contributed by atoms with Crippen LogP contribution < -0.4 is 0 Å². The quantitative estimate of drug-likeness (QED) is 0.401.